The number of fused-ring (bicyclic) bond motifs is 1. The molecule has 0 spiro atoms. The summed E-state index contributed by atoms with van der Waals surface area (Å²) in [5.41, 5.74) is 3.14. The number of hydrogen-bond acceptors (Lipinski definition) is 3. The van der Waals surface area contributed by atoms with Crippen molar-refractivity contribution in [1.82, 2.24) is 15.1 Å². The fraction of sp³-hybridized carbons (Fsp3) is 0.412. The molecule has 6 heteroatoms. The van der Waals surface area contributed by atoms with Crippen molar-refractivity contribution in [3.8, 4) is 5.75 Å². The van der Waals surface area contributed by atoms with Crippen molar-refractivity contribution < 1.29 is 9.53 Å². The van der Waals surface area contributed by atoms with E-state index in [1.807, 2.05) is 36.7 Å². The molecule has 0 aliphatic carbocycles. The number of nitrogens with zero attached hydrogens (tertiary/aromatic N) is 2. The summed E-state index contributed by atoms with van der Waals surface area (Å²) in [5, 5.41) is 8.00. The van der Waals surface area contributed by atoms with Crippen molar-refractivity contribution in [2.24, 2.45) is 0 Å². The maximum absolute atomic E-state index is 12.2. The molecule has 0 bridgehead atoms. The Hall–Kier alpha value is -2.01. The van der Waals surface area contributed by atoms with Crippen molar-refractivity contribution in [2.75, 3.05) is 6.54 Å². The van der Waals surface area contributed by atoms with E-state index in [1.54, 1.807) is 6.07 Å². The number of carbonyl (C=O) groups excluding carboxylic acids is 1. The molecule has 1 aromatic heterocycles. The van der Waals surface area contributed by atoms with E-state index in [1.165, 1.54) is 0 Å². The lowest BCUT2D eigenvalue weighted by atomic mass is 10.1. The Morgan fingerprint density at radius 1 is 1.43 bits per heavy atom. The molecule has 2 heterocycles. The zero-order chi connectivity index (χ0) is 16.4. The summed E-state index contributed by atoms with van der Waals surface area (Å²) < 4.78 is 7.64. The standard InChI is InChI=1S/C17H20ClN3O2/c1-11-8-12(2)21(20-11)7-3-6-19-17(22)16-10-13-9-14(18)4-5-15(13)23-16/h4-5,8-9,16H,3,6-7,10H2,1-2H3,(H,19,22). The smallest absolute Gasteiger partial charge is 0.261 e. The van der Waals surface area contributed by atoms with E-state index in [4.69, 9.17) is 16.3 Å². The van der Waals surface area contributed by atoms with Crippen LogP contribution in [0.15, 0.2) is 24.3 Å². The van der Waals surface area contributed by atoms with Gasteiger partial charge in [0.2, 0.25) is 0 Å². The van der Waals surface area contributed by atoms with Gasteiger partial charge in [-0.05, 0) is 50.1 Å². The summed E-state index contributed by atoms with van der Waals surface area (Å²) >= 11 is 5.96. The number of aromatic nitrogens is 2. The fourth-order valence-corrected chi connectivity index (χ4v) is 3.01. The van der Waals surface area contributed by atoms with Crippen LogP contribution >= 0.6 is 11.6 Å². The van der Waals surface area contributed by atoms with E-state index in [0.717, 1.165) is 35.7 Å². The molecule has 1 amide bonds. The second-order valence-electron chi connectivity index (χ2n) is 5.86. The molecule has 122 valence electrons. The predicted molar refractivity (Wildman–Crippen MR) is 88.9 cm³/mol. The molecule has 0 radical (unpaired) electrons. The highest BCUT2D eigenvalue weighted by Crippen LogP contribution is 2.31. The number of hydrogen-bond donors (Lipinski definition) is 1. The van der Waals surface area contributed by atoms with E-state index in [2.05, 4.69) is 10.4 Å². The summed E-state index contributed by atoms with van der Waals surface area (Å²) in [4.78, 5) is 12.2. The van der Waals surface area contributed by atoms with Gasteiger partial charge in [0.05, 0.1) is 5.69 Å². The zero-order valence-corrected chi connectivity index (χ0v) is 14.1. The zero-order valence-electron chi connectivity index (χ0n) is 13.3. The topological polar surface area (TPSA) is 56.2 Å². The number of halogens is 1. The van der Waals surface area contributed by atoms with Gasteiger partial charge in [-0.3, -0.25) is 9.48 Å². The predicted octanol–water partition coefficient (Wildman–Crippen LogP) is 2.66. The molecule has 23 heavy (non-hydrogen) atoms. The number of amides is 1. The first kappa shape index (κ1) is 15.9. The molecule has 0 saturated heterocycles. The quantitative estimate of drug-likeness (QED) is 0.856. The van der Waals surface area contributed by atoms with Crippen LogP contribution in [0.2, 0.25) is 5.02 Å². The third kappa shape index (κ3) is 3.67. The Bertz CT molecular complexity index is 727. The molecule has 5 nitrogen and oxygen atoms in total. The Morgan fingerprint density at radius 3 is 3.00 bits per heavy atom. The molecule has 0 saturated carbocycles. The molecule has 3 rings (SSSR count). The first-order valence-electron chi connectivity index (χ1n) is 7.77. The van der Waals surface area contributed by atoms with Crippen LogP contribution in [0.1, 0.15) is 23.4 Å². The normalized spacial score (nSPS) is 16.0. The van der Waals surface area contributed by atoms with Crippen LogP contribution < -0.4 is 10.1 Å². The molecule has 2 aromatic rings. The van der Waals surface area contributed by atoms with Gasteiger partial charge in [0.15, 0.2) is 6.10 Å². The molecule has 1 unspecified atom stereocenters. The van der Waals surface area contributed by atoms with E-state index in [0.29, 0.717) is 18.0 Å². The summed E-state index contributed by atoms with van der Waals surface area (Å²) in [6.07, 6.45) is 0.940. The van der Waals surface area contributed by atoms with Crippen LogP contribution in [0.3, 0.4) is 0 Å². The first-order valence-corrected chi connectivity index (χ1v) is 8.14. The largest absolute Gasteiger partial charge is 0.480 e. The fourth-order valence-electron chi connectivity index (χ4n) is 2.82. The number of aryl methyl sites for hydroxylation is 3. The first-order chi connectivity index (χ1) is 11.0. The second kappa shape index (κ2) is 6.62. The SMILES string of the molecule is Cc1cc(C)n(CCCNC(=O)C2Cc3cc(Cl)ccc3O2)n1. The van der Waals surface area contributed by atoms with Crippen LogP contribution in [0, 0.1) is 13.8 Å². The number of ether oxygens (including phenoxy) is 1. The summed E-state index contributed by atoms with van der Waals surface area (Å²) in [5.74, 6) is 0.669. The molecule has 1 N–H and O–H groups in total. The third-order valence-electron chi connectivity index (χ3n) is 3.94. The van der Waals surface area contributed by atoms with Crippen molar-refractivity contribution >= 4 is 17.5 Å². The average molecular weight is 334 g/mol. The minimum absolute atomic E-state index is 0.0781. The monoisotopic (exact) mass is 333 g/mol. The lowest BCUT2D eigenvalue weighted by Gasteiger charge is -2.11. The van der Waals surface area contributed by atoms with Gasteiger partial charge in [0.1, 0.15) is 5.75 Å². The highest BCUT2D eigenvalue weighted by molar-refractivity contribution is 6.30. The molecular weight excluding hydrogens is 314 g/mol. The number of rotatable bonds is 5. The molecule has 1 aliphatic heterocycles. The molecule has 1 aromatic carbocycles. The van der Waals surface area contributed by atoms with E-state index < -0.39 is 6.10 Å². The van der Waals surface area contributed by atoms with Gasteiger partial charge in [0, 0.05) is 30.2 Å². The number of carbonyl (C=O) groups is 1. The minimum atomic E-state index is -0.461. The Labute approximate surface area is 140 Å². The Kier molecular flexibility index (Phi) is 4.57. The van der Waals surface area contributed by atoms with Gasteiger partial charge in [-0.25, -0.2) is 0 Å². The van der Waals surface area contributed by atoms with Crippen molar-refractivity contribution in [3.63, 3.8) is 0 Å². The highest BCUT2D eigenvalue weighted by atomic mass is 35.5. The van der Waals surface area contributed by atoms with E-state index in [-0.39, 0.29) is 5.91 Å². The van der Waals surface area contributed by atoms with Crippen molar-refractivity contribution in [3.05, 3.63) is 46.2 Å². The third-order valence-corrected chi connectivity index (χ3v) is 4.17. The van der Waals surface area contributed by atoms with E-state index in [9.17, 15) is 4.79 Å². The van der Waals surface area contributed by atoms with Gasteiger partial charge >= 0.3 is 0 Å². The van der Waals surface area contributed by atoms with Crippen molar-refractivity contribution in [1.29, 1.82) is 0 Å². The molecule has 0 fully saturated rings. The van der Waals surface area contributed by atoms with Crippen LogP contribution in [0.4, 0.5) is 0 Å². The van der Waals surface area contributed by atoms with Gasteiger partial charge < -0.3 is 10.1 Å². The number of nitrogens with one attached hydrogen (secondary N) is 1. The average Bonchev–Trinajstić information content (AvgIpc) is 3.06. The van der Waals surface area contributed by atoms with Crippen LogP contribution in [0.5, 0.6) is 5.75 Å². The van der Waals surface area contributed by atoms with E-state index >= 15 is 0 Å². The lowest BCUT2D eigenvalue weighted by Crippen LogP contribution is -2.38. The Morgan fingerprint density at radius 2 is 2.26 bits per heavy atom. The van der Waals surface area contributed by atoms with Crippen LogP contribution in [-0.2, 0) is 17.8 Å². The summed E-state index contributed by atoms with van der Waals surface area (Å²) in [7, 11) is 0. The van der Waals surface area contributed by atoms with Gasteiger partial charge in [-0.15, -0.1) is 0 Å². The van der Waals surface area contributed by atoms with Gasteiger partial charge in [0.25, 0.3) is 5.91 Å². The Balaban J connectivity index is 1.45. The molecule has 1 atom stereocenters. The highest BCUT2D eigenvalue weighted by Gasteiger charge is 2.28. The van der Waals surface area contributed by atoms with Gasteiger partial charge in [-0.1, -0.05) is 11.6 Å². The van der Waals surface area contributed by atoms with Crippen molar-refractivity contribution in [2.45, 2.75) is 39.3 Å². The maximum atomic E-state index is 12.2. The molecule has 1 aliphatic rings. The van der Waals surface area contributed by atoms with Gasteiger partial charge in [-0.2, -0.15) is 5.10 Å². The van der Waals surface area contributed by atoms with Crippen LogP contribution in [-0.4, -0.2) is 28.3 Å². The summed E-state index contributed by atoms with van der Waals surface area (Å²) in [6, 6.07) is 7.49. The summed E-state index contributed by atoms with van der Waals surface area (Å²) in [6.45, 7) is 5.41. The second-order valence-corrected chi connectivity index (χ2v) is 6.29. The van der Waals surface area contributed by atoms with Crippen LogP contribution in [0.25, 0.3) is 0 Å². The number of benzene rings is 1. The maximum Gasteiger partial charge on any atom is 0.261 e. The lowest BCUT2D eigenvalue weighted by molar-refractivity contribution is -0.127. The minimum Gasteiger partial charge on any atom is -0.480 e. The molecular formula is C17H20ClN3O2.